The third-order valence-corrected chi connectivity index (χ3v) is 5.39. The first kappa shape index (κ1) is 23.7. The molecule has 0 aromatic heterocycles. The van der Waals surface area contributed by atoms with E-state index in [1.54, 1.807) is 0 Å². The lowest BCUT2D eigenvalue weighted by molar-refractivity contribution is -0.141. The summed E-state index contributed by atoms with van der Waals surface area (Å²) in [4.78, 5) is 36.2. The molecule has 0 spiro atoms. The van der Waals surface area contributed by atoms with Crippen LogP contribution >= 0.6 is 0 Å². The summed E-state index contributed by atoms with van der Waals surface area (Å²) in [6.07, 6.45) is 0.0680. The molecule has 6 heteroatoms. The lowest BCUT2D eigenvalue weighted by Crippen LogP contribution is -2.42. The highest BCUT2D eigenvalue weighted by Crippen LogP contribution is 2.20. The van der Waals surface area contributed by atoms with Crippen molar-refractivity contribution in [2.75, 3.05) is 0 Å². The Bertz CT molecular complexity index is 1070. The molecule has 3 N–H and O–H groups in total. The Morgan fingerprint density at radius 3 is 1.82 bits per heavy atom. The summed E-state index contributed by atoms with van der Waals surface area (Å²) < 4.78 is 0. The van der Waals surface area contributed by atoms with Gasteiger partial charge in [0.05, 0.1) is 6.04 Å². The van der Waals surface area contributed by atoms with Gasteiger partial charge in [0.25, 0.3) is 0 Å². The molecule has 0 aliphatic rings. The Morgan fingerprint density at radius 1 is 0.727 bits per heavy atom. The zero-order valence-corrected chi connectivity index (χ0v) is 18.5. The highest BCUT2D eigenvalue weighted by molar-refractivity contribution is 5.87. The van der Waals surface area contributed by atoms with Crippen LogP contribution in [-0.4, -0.2) is 28.9 Å². The van der Waals surface area contributed by atoms with Crippen LogP contribution in [0.3, 0.4) is 0 Å². The van der Waals surface area contributed by atoms with Gasteiger partial charge < -0.3 is 15.7 Å². The van der Waals surface area contributed by atoms with Crippen LogP contribution in [0, 0.1) is 0 Å². The standard InChI is InChI=1S/C27H28N2O4/c1-19(21-8-4-2-5-9-21)28-25(30)16-17-26(31)29-24(27(32)33)18-20-12-14-23(15-13-20)22-10-6-3-7-11-22/h2-15,19,24H,16-18H2,1H3,(H,28,30)(H,29,31)(H,32,33)/t19-,24+/m1/s1. The number of amides is 2. The molecule has 3 rings (SSSR count). The molecule has 2 amide bonds. The molecule has 0 aliphatic carbocycles. The highest BCUT2D eigenvalue weighted by atomic mass is 16.4. The van der Waals surface area contributed by atoms with Crippen molar-refractivity contribution in [3.8, 4) is 11.1 Å². The zero-order chi connectivity index (χ0) is 23.6. The molecule has 0 saturated heterocycles. The van der Waals surface area contributed by atoms with E-state index in [0.717, 1.165) is 22.3 Å². The van der Waals surface area contributed by atoms with E-state index in [1.807, 2.05) is 91.9 Å². The van der Waals surface area contributed by atoms with Gasteiger partial charge in [0.15, 0.2) is 0 Å². The quantitative estimate of drug-likeness (QED) is 0.438. The van der Waals surface area contributed by atoms with Crippen molar-refractivity contribution in [1.82, 2.24) is 10.6 Å². The fraction of sp³-hybridized carbons (Fsp3) is 0.222. The molecule has 0 fully saturated rings. The van der Waals surface area contributed by atoms with Crippen LogP contribution in [-0.2, 0) is 20.8 Å². The molecule has 170 valence electrons. The van der Waals surface area contributed by atoms with Crippen LogP contribution in [0.25, 0.3) is 11.1 Å². The molecule has 0 aliphatic heterocycles. The van der Waals surface area contributed by atoms with Crippen molar-refractivity contribution in [3.63, 3.8) is 0 Å². The minimum atomic E-state index is -1.11. The third kappa shape index (κ3) is 7.31. The van der Waals surface area contributed by atoms with Gasteiger partial charge in [-0.05, 0) is 29.2 Å². The SMILES string of the molecule is C[C@@H](NC(=O)CCC(=O)N[C@@H](Cc1ccc(-c2ccccc2)cc1)C(=O)O)c1ccccc1. The first-order valence-electron chi connectivity index (χ1n) is 10.9. The molecule has 0 saturated carbocycles. The van der Waals surface area contributed by atoms with Crippen molar-refractivity contribution in [2.45, 2.75) is 38.3 Å². The van der Waals surface area contributed by atoms with Gasteiger partial charge in [-0.3, -0.25) is 9.59 Å². The van der Waals surface area contributed by atoms with Crippen molar-refractivity contribution in [3.05, 3.63) is 96.1 Å². The predicted molar refractivity (Wildman–Crippen MR) is 127 cm³/mol. The first-order chi connectivity index (χ1) is 15.9. The summed E-state index contributed by atoms with van der Waals surface area (Å²) in [6.45, 7) is 1.87. The van der Waals surface area contributed by atoms with Gasteiger partial charge in [-0.25, -0.2) is 4.79 Å². The van der Waals surface area contributed by atoms with E-state index in [2.05, 4.69) is 10.6 Å². The number of hydrogen-bond donors (Lipinski definition) is 3. The van der Waals surface area contributed by atoms with Crippen LogP contribution < -0.4 is 10.6 Å². The second-order valence-corrected chi connectivity index (χ2v) is 7.93. The molecule has 0 heterocycles. The van der Waals surface area contributed by atoms with Crippen molar-refractivity contribution < 1.29 is 19.5 Å². The van der Waals surface area contributed by atoms with Crippen LogP contribution in [0.4, 0.5) is 0 Å². The maximum Gasteiger partial charge on any atom is 0.326 e. The van der Waals surface area contributed by atoms with Gasteiger partial charge in [-0.1, -0.05) is 84.9 Å². The van der Waals surface area contributed by atoms with Gasteiger partial charge in [0.1, 0.15) is 6.04 Å². The molecule has 3 aromatic carbocycles. The van der Waals surface area contributed by atoms with E-state index < -0.39 is 17.9 Å². The fourth-order valence-electron chi connectivity index (χ4n) is 3.53. The monoisotopic (exact) mass is 444 g/mol. The van der Waals surface area contributed by atoms with Gasteiger partial charge in [-0.15, -0.1) is 0 Å². The van der Waals surface area contributed by atoms with Gasteiger partial charge in [-0.2, -0.15) is 0 Å². The summed E-state index contributed by atoms with van der Waals surface area (Å²) in [7, 11) is 0. The number of hydrogen-bond acceptors (Lipinski definition) is 3. The van der Waals surface area contributed by atoms with E-state index in [9.17, 15) is 19.5 Å². The smallest absolute Gasteiger partial charge is 0.326 e. The van der Waals surface area contributed by atoms with Crippen LogP contribution in [0.15, 0.2) is 84.9 Å². The van der Waals surface area contributed by atoms with E-state index in [1.165, 1.54) is 0 Å². The third-order valence-electron chi connectivity index (χ3n) is 5.39. The second kappa shape index (κ2) is 11.6. The van der Waals surface area contributed by atoms with E-state index in [-0.39, 0.29) is 31.2 Å². The number of carbonyl (C=O) groups is 3. The molecule has 3 aromatic rings. The fourth-order valence-corrected chi connectivity index (χ4v) is 3.53. The van der Waals surface area contributed by atoms with Crippen molar-refractivity contribution in [1.29, 1.82) is 0 Å². The number of benzene rings is 3. The molecule has 6 nitrogen and oxygen atoms in total. The summed E-state index contributed by atoms with van der Waals surface area (Å²) in [6, 6.07) is 25.8. The number of aliphatic carboxylic acids is 1. The summed E-state index contributed by atoms with van der Waals surface area (Å²) in [5.41, 5.74) is 3.88. The maximum absolute atomic E-state index is 12.3. The maximum atomic E-state index is 12.3. The summed E-state index contributed by atoms with van der Waals surface area (Å²) in [5, 5.41) is 14.9. The first-order valence-corrected chi connectivity index (χ1v) is 10.9. The van der Waals surface area contributed by atoms with Crippen LogP contribution in [0.1, 0.15) is 36.9 Å². The molecule has 33 heavy (non-hydrogen) atoms. The van der Waals surface area contributed by atoms with Crippen molar-refractivity contribution in [2.24, 2.45) is 0 Å². The second-order valence-electron chi connectivity index (χ2n) is 7.93. The van der Waals surface area contributed by atoms with E-state index >= 15 is 0 Å². The Morgan fingerprint density at radius 2 is 1.24 bits per heavy atom. The topological polar surface area (TPSA) is 95.5 Å². The molecular formula is C27H28N2O4. The molecule has 0 unspecified atom stereocenters. The van der Waals surface area contributed by atoms with Crippen molar-refractivity contribution >= 4 is 17.8 Å². The van der Waals surface area contributed by atoms with Gasteiger partial charge in [0.2, 0.25) is 11.8 Å². The Kier molecular flexibility index (Phi) is 8.36. The van der Waals surface area contributed by atoms with E-state index in [4.69, 9.17) is 0 Å². The Balaban J connectivity index is 1.49. The number of carbonyl (C=O) groups excluding carboxylic acids is 2. The minimum Gasteiger partial charge on any atom is -0.480 e. The zero-order valence-electron chi connectivity index (χ0n) is 18.5. The summed E-state index contributed by atoms with van der Waals surface area (Å²) >= 11 is 0. The van der Waals surface area contributed by atoms with Gasteiger partial charge in [0, 0.05) is 19.3 Å². The largest absolute Gasteiger partial charge is 0.480 e. The number of rotatable bonds is 10. The minimum absolute atomic E-state index is 0.0128. The molecule has 0 bridgehead atoms. The normalized spacial score (nSPS) is 12.4. The lowest BCUT2D eigenvalue weighted by atomic mass is 10.0. The molecular weight excluding hydrogens is 416 g/mol. The lowest BCUT2D eigenvalue weighted by Gasteiger charge is -2.16. The van der Waals surface area contributed by atoms with E-state index in [0.29, 0.717) is 0 Å². The number of nitrogens with one attached hydrogen (secondary N) is 2. The molecule has 2 atom stereocenters. The average molecular weight is 445 g/mol. The van der Waals surface area contributed by atoms with Crippen LogP contribution in [0.5, 0.6) is 0 Å². The average Bonchev–Trinajstić information content (AvgIpc) is 2.84. The number of carboxylic acid groups (broad SMARTS) is 1. The highest BCUT2D eigenvalue weighted by Gasteiger charge is 2.21. The van der Waals surface area contributed by atoms with Gasteiger partial charge >= 0.3 is 5.97 Å². The van der Waals surface area contributed by atoms with Crippen LogP contribution in [0.2, 0.25) is 0 Å². The predicted octanol–water partition coefficient (Wildman–Crippen LogP) is 4.12. The Hall–Kier alpha value is -3.93. The Labute approximate surface area is 193 Å². The molecule has 0 radical (unpaired) electrons. The summed E-state index contributed by atoms with van der Waals surface area (Å²) in [5.74, 6) is -1.84. The number of carboxylic acids is 1.